The van der Waals surface area contributed by atoms with Crippen LogP contribution in [-0.2, 0) is 11.3 Å². The van der Waals surface area contributed by atoms with Crippen molar-refractivity contribution >= 4 is 17.5 Å². The van der Waals surface area contributed by atoms with Crippen LogP contribution >= 0.6 is 11.6 Å². The first-order valence-electron chi connectivity index (χ1n) is 10.9. The van der Waals surface area contributed by atoms with Gasteiger partial charge in [-0.1, -0.05) is 29.8 Å². The second-order valence-corrected chi connectivity index (χ2v) is 8.60. The Morgan fingerprint density at radius 2 is 1.97 bits per heavy atom. The van der Waals surface area contributed by atoms with Crippen molar-refractivity contribution in [3.8, 4) is 5.75 Å². The van der Waals surface area contributed by atoms with Gasteiger partial charge in [-0.15, -0.1) is 0 Å². The fourth-order valence-corrected chi connectivity index (χ4v) is 4.46. The van der Waals surface area contributed by atoms with Gasteiger partial charge in [-0.25, -0.2) is 4.39 Å². The summed E-state index contributed by atoms with van der Waals surface area (Å²) in [4.78, 5) is 17.1. The maximum Gasteiger partial charge on any atom is 0.257 e. The van der Waals surface area contributed by atoms with Crippen molar-refractivity contribution in [2.24, 2.45) is 5.92 Å². The van der Waals surface area contributed by atoms with Crippen LogP contribution in [0.25, 0.3) is 0 Å². The smallest absolute Gasteiger partial charge is 0.257 e. The van der Waals surface area contributed by atoms with Gasteiger partial charge in [-0.2, -0.15) is 0 Å². The number of carbonyl (C=O) groups is 1. The summed E-state index contributed by atoms with van der Waals surface area (Å²) in [6.07, 6.45) is 2.15. The zero-order valence-electron chi connectivity index (χ0n) is 17.6. The van der Waals surface area contributed by atoms with Gasteiger partial charge in [0.1, 0.15) is 11.6 Å². The first kappa shape index (κ1) is 22.1. The van der Waals surface area contributed by atoms with Crippen LogP contribution in [0.1, 0.15) is 28.8 Å². The molecule has 2 aliphatic heterocycles. The second kappa shape index (κ2) is 10.4. The van der Waals surface area contributed by atoms with Gasteiger partial charge in [0.2, 0.25) is 0 Å². The minimum Gasteiger partial charge on any atom is -0.492 e. The van der Waals surface area contributed by atoms with Crippen LogP contribution in [0.2, 0.25) is 5.02 Å². The summed E-state index contributed by atoms with van der Waals surface area (Å²) in [6, 6.07) is 12.0. The van der Waals surface area contributed by atoms with Gasteiger partial charge >= 0.3 is 0 Å². The highest BCUT2D eigenvalue weighted by Gasteiger charge is 2.24. The van der Waals surface area contributed by atoms with Crippen LogP contribution in [0, 0.1) is 11.7 Å². The number of amides is 1. The molecule has 7 heteroatoms. The minimum atomic E-state index is -0.316. The van der Waals surface area contributed by atoms with E-state index in [1.165, 1.54) is 12.1 Å². The molecule has 2 aliphatic rings. The van der Waals surface area contributed by atoms with Gasteiger partial charge in [0, 0.05) is 37.1 Å². The minimum absolute atomic E-state index is 0.00452. The van der Waals surface area contributed by atoms with E-state index in [2.05, 4.69) is 4.90 Å². The van der Waals surface area contributed by atoms with E-state index in [0.717, 1.165) is 31.5 Å². The molecular weight excluding hydrogens is 419 g/mol. The number of halogens is 2. The zero-order valence-corrected chi connectivity index (χ0v) is 18.3. The van der Waals surface area contributed by atoms with E-state index in [9.17, 15) is 9.18 Å². The molecule has 2 aromatic rings. The third-order valence-electron chi connectivity index (χ3n) is 5.90. The lowest BCUT2D eigenvalue weighted by atomic mass is 9.98. The normalized spacial score (nSPS) is 19.9. The number of morpholine rings is 1. The zero-order chi connectivity index (χ0) is 21.6. The number of nitrogens with zero attached hydrogens (tertiary/aromatic N) is 2. The molecule has 0 bridgehead atoms. The van der Waals surface area contributed by atoms with Crippen LogP contribution < -0.4 is 4.74 Å². The molecule has 5 nitrogen and oxygen atoms in total. The highest BCUT2D eigenvalue weighted by Crippen LogP contribution is 2.25. The van der Waals surface area contributed by atoms with Crippen LogP contribution in [0.5, 0.6) is 5.75 Å². The molecule has 166 valence electrons. The Labute approximate surface area is 187 Å². The largest absolute Gasteiger partial charge is 0.492 e. The number of piperidine rings is 1. The lowest BCUT2D eigenvalue weighted by Crippen LogP contribution is -2.41. The van der Waals surface area contributed by atoms with Crippen LogP contribution in [-0.4, -0.2) is 61.7 Å². The molecule has 2 saturated heterocycles. The quantitative estimate of drug-likeness (QED) is 0.665. The monoisotopic (exact) mass is 446 g/mol. The molecule has 2 fully saturated rings. The van der Waals surface area contributed by atoms with E-state index in [4.69, 9.17) is 21.1 Å². The molecule has 4 rings (SSSR count). The topological polar surface area (TPSA) is 42.0 Å². The number of hydrogen-bond donors (Lipinski definition) is 0. The number of benzene rings is 2. The fourth-order valence-electron chi connectivity index (χ4n) is 4.24. The predicted molar refractivity (Wildman–Crippen MR) is 118 cm³/mol. The van der Waals surface area contributed by atoms with Crippen LogP contribution in [0.4, 0.5) is 4.39 Å². The molecule has 1 amide bonds. The molecule has 1 unspecified atom stereocenters. The summed E-state index contributed by atoms with van der Waals surface area (Å²) in [5, 5.41) is 0.467. The van der Waals surface area contributed by atoms with E-state index < -0.39 is 0 Å². The van der Waals surface area contributed by atoms with Crippen molar-refractivity contribution in [3.05, 3.63) is 64.4 Å². The highest BCUT2D eigenvalue weighted by atomic mass is 35.5. The molecule has 0 saturated carbocycles. The van der Waals surface area contributed by atoms with Crippen molar-refractivity contribution in [1.29, 1.82) is 0 Å². The standard InChI is InChI=1S/C24H28ClFN2O3/c25-22-14-20(26)8-7-19(22)16-27-9-3-4-18(15-27)17-31-23-6-2-1-5-21(23)24(29)28-10-12-30-13-11-28/h1-2,5-8,14,18H,3-4,9-13,15-17H2. The molecule has 31 heavy (non-hydrogen) atoms. The molecule has 2 aromatic carbocycles. The molecular formula is C24H28ClFN2O3. The third-order valence-corrected chi connectivity index (χ3v) is 6.25. The molecule has 0 aromatic heterocycles. The average Bonchev–Trinajstić information content (AvgIpc) is 2.80. The van der Waals surface area contributed by atoms with Gasteiger partial charge in [0.05, 0.1) is 25.4 Å². The Balaban J connectivity index is 1.35. The Morgan fingerprint density at radius 3 is 2.77 bits per heavy atom. The number of ether oxygens (including phenoxy) is 2. The summed E-state index contributed by atoms with van der Waals surface area (Å²) < 4.78 is 24.8. The number of rotatable bonds is 6. The third kappa shape index (κ3) is 5.76. The maximum absolute atomic E-state index is 13.3. The number of hydrogen-bond acceptors (Lipinski definition) is 4. The van der Waals surface area contributed by atoms with Crippen LogP contribution in [0.15, 0.2) is 42.5 Å². The lowest BCUT2D eigenvalue weighted by molar-refractivity contribution is 0.0299. The summed E-state index contributed by atoms with van der Waals surface area (Å²) in [6.45, 7) is 5.48. The van der Waals surface area contributed by atoms with Crippen LogP contribution in [0.3, 0.4) is 0 Å². The van der Waals surface area contributed by atoms with E-state index in [1.54, 1.807) is 6.07 Å². The molecule has 0 radical (unpaired) electrons. The van der Waals surface area contributed by atoms with Crippen molar-refractivity contribution in [2.75, 3.05) is 46.0 Å². The van der Waals surface area contributed by atoms with Gasteiger partial charge in [-0.05, 0) is 49.2 Å². The molecule has 0 N–H and O–H groups in total. The number of likely N-dealkylation sites (tertiary alicyclic amines) is 1. The van der Waals surface area contributed by atoms with Gasteiger partial charge in [0.25, 0.3) is 5.91 Å². The maximum atomic E-state index is 13.3. The van der Waals surface area contributed by atoms with Crippen molar-refractivity contribution in [2.45, 2.75) is 19.4 Å². The van der Waals surface area contributed by atoms with E-state index in [-0.39, 0.29) is 11.7 Å². The van der Waals surface area contributed by atoms with Gasteiger partial charge < -0.3 is 14.4 Å². The van der Waals surface area contributed by atoms with E-state index in [0.29, 0.717) is 61.7 Å². The summed E-state index contributed by atoms with van der Waals surface area (Å²) in [5.41, 5.74) is 1.54. The fraction of sp³-hybridized carbons (Fsp3) is 0.458. The number of carbonyl (C=O) groups excluding carboxylic acids is 1. The van der Waals surface area contributed by atoms with E-state index in [1.807, 2.05) is 29.2 Å². The molecule has 0 aliphatic carbocycles. The van der Waals surface area contributed by atoms with Crippen molar-refractivity contribution < 1.29 is 18.7 Å². The SMILES string of the molecule is O=C(c1ccccc1OCC1CCCN(Cc2ccc(F)cc2Cl)C1)N1CCOCC1. The van der Waals surface area contributed by atoms with Gasteiger partial charge in [-0.3, -0.25) is 9.69 Å². The first-order valence-corrected chi connectivity index (χ1v) is 11.2. The Bertz CT molecular complexity index is 904. The number of para-hydroxylation sites is 1. The average molecular weight is 447 g/mol. The van der Waals surface area contributed by atoms with E-state index >= 15 is 0 Å². The summed E-state index contributed by atoms with van der Waals surface area (Å²) >= 11 is 6.20. The highest BCUT2D eigenvalue weighted by molar-refractivity contribution is 6.31. The summed E-state index contributed by atoms with van der Waals surface area (Å²) in [7, 11) is 0. The van der Waals surface area contributed by atoms with Gasteiger partial charge in [0.15, 0.2) is 0 Å². The summed E-state index contributed by atoms with van der Waals surface area (Å²) in [5.74, 6) is 0.677. The lowest BCUT2D eigenvalue weighted by Gasteiger charge is -2.33. The first-order chi connectivity index (χ1) is 15.1. The van der Waals surface area contributed by atoms with Crippen molar-refractivity contribution in [3.63, 3.8) is 0 Å². The Hall–Kier alpha value is -2.15. The Kier molecular flexibility index (Phi) is 7.43. The predicted octanol–water partition coefficient (Wildman–Crippen LogP) is 4.24. The second-order valence-electron chi connectivity index (χ2n) is 8.19. The Morgan fingerprint density at radius 1 is 1.16 bits per heavy atom. The molecule has 0 spiro atoms. The van der Waals surface area contributed by atoms with Crippen molar-refractivity contribution in [1.82, 2.24) is 9.80 Å². The molecule has 1 atom stereocenters. The molecule has 2 heterocycles.